The number of ether oxygens (including phenoxy) is 1. The molecule has 1 aromatic heterocycles. The summed E-state index contributed by atoms with van der Waals surface area (Å²) in [6, 6.07) is 17.8. The van der Waals surface area contributed by atoms with Gasteiger partial charge in [0, 0.05) is 20.8 Å². The van der Waals surface area contributed by atoms with Gasteiger partial charge in [-0.1, -0.05) is 41.7 Å². The third-order valence-electron chi connectivity index (χ3n) is 4.11. The third-order valence-corrected chi connectivity index (χ3v) is 6.11. The molecule has 0 radical (unpaired) electrons. The van der Waals surface area contributed by atoms with E-state index in [0.717, 1.165) is 32.1 Å². The van der Waals surface area contributed by atoms with Crippen LogP contribution >= 0.6 is 23.5 Å². The standard InChI is InChI=1S/C20H18N2O3S2/c1-25-14-6-8-15(9-7-14)26-19-13(11-17-18(23)22-20(24)27-17)10-12-4-2-3-5-16(12)21-19/h2-11,18,20,22-24H,1H3/b17-11-. The second kappa shape index (κ2) is 7.92. The monoisotopic (exact) mass is 398 g/mol. The average molecular weight is 399 g/mol. The molecule has 2 unspecified atom stereocenters. The van der Waals surface area contributed by atoms with Crippen molar-refractivity contribution in [3.8, 4) is 5.75 Å². The van der Waals surface area contributed by atoms with Gasteiger partial charge in [0.05, 0.1) is 12.6 Å². The molecule has 3 aromatic rings. The summed E-state index contributed by atoms with van der Waals surface area (Å²) in [7, 11) is 1.64. The number of rotatable bonds is 4. The number of benzene rings is 2. The number of methoxy groups -OCH3 is 1. The molecular formula is C20H18N2O3S2. The normalized spacial score (nSPS) is 21.1. The number of nitrogens with one attached hydrogen (secondary N) is 1. The summed E-state index contributed by atoms with van der Waals surface area (Å²) >= 11 is 2.74. The Hall–Kier alpha value is -2.03. The summed E-state index contributed by atoms with van der Waals surface area (Å²) < 4.78 is 5.22. The second-order valence-corrected chi connectivity index (χ2v) is 8.16. The van der Waals surface area contributed by atoms with Crippen LogP contribution in [-0.2, 0) is 0 Å². The van der Waals surface area contributed by atoms with Crippen molar-refractivity contribution in [2.75, 3.05) is 7.11 Å². The summed E-state index contributed by atoms with van der Waals surface area (Å²) in [5.41, 5.74) is 0.998. The maximum absolute atomic E-state index is 10.1. The first-order valence-corrected chi connectivity index (χ1v) is 10.0. The molecular weight excluding hydrogens is 380 g/mol. The molecule has 0 spiro atoms. The van der Waals surface area contributed by atoms with Crippen molar-refractivity contribution in [1.82, 2.24) is 10.3 Å². The first-order valence-electron chi connectivity index (χ1n) is 8.34. The number of nitrogens with zero attached hydrogens (tertiary/aromatic N) is 1. The molecule has 2 heterocycles. The molecule has 0 amide bonds. The van der Waals surface area contributed by atoms with Crippen molar-refractivity contribution in [3.05, 3.63) is 65.1 Å². The molecule has 2 atom stereocenters. The van der Waals surface area contributed by atoms with Gasteiger partial charge in [0.1, 0.15) is 17.0 Å². The van der Waals surface area contributed by atoms with Crippen molar-refractivity contribution >= 4 is 40.5 Å². The minimum Gasteiger partial charge on any atom is -0.497 e. The highest BCUT2D eigenvalue weighted by Crippen LogP contribution is 2.36. The van der Waals surface area contributed by atoms with E-state index in [-0.39, 0.29) is 0 Å². The predicted octanol–water partition coefficient (Wildman–Crippen LogP) is 3.67. The molecule has 1 aliphatic heterocycles. The van der Waals surface area contributed by atoms with Crippen LogP contribution < -0.4 is 10.1 Å². The Morgan fingerprint density at radius 3 is 2.63 bits per heavy atom. The van der Waals surface area contributed by atoms with Gasteiger partial charge in [0.2, 0.25) is 0 Å². The van der Waals surface area contributed by atoms with Crippen molar-refractivity contribution in [3.63, 3.8) is 0 Å². The van der Waals surface area contributed by atoms with Crippen LogP contribution in [0.25, 0.3) is 17.0 Å². The SMILES string of the molecule is COc1ccc(Sc2nc3ccccc3cc2/C=C2\SC(O)NC2O)cc1. The lowest BCUT2D eigenvalue weighted by Crippen LogP contribution is -2.28. The smallest absolute Gasteiger partial charge is 0.159 e. The molecule has 0 aliphatic carbocycles. The van der Waals surface area contributed by atoms with Crippen LogP contribution in [-0.4, -0.2) is 34.1 Å². The molecule has 2 aromatic carbocycles. The molecule has 0 saturated carbocycles. The van der Waals surface area contributed by atoms with Gasteiger partial charge in [0.25, 0.3) is 0 Å². The number of para-hydroxylation sites is 1. The minimum atomic E-state index is -0.879. The van der Waals surface area contributed by atoms with Gasteiger partial charge in [-0.25, -0.2) is 4.98 Å². The van der Waals surface area contributed by atoms with Crippen LogP contribution in [0.2, 0.25) is 0 Å². The van der Waals surface area contributed by atoms with E-state index < -0.39 is 11.8 Å². The quantitative estimate of drug-likeness (QED) is 0.619. The fraction of sp³-hybridized carbons (Fsp3) is 0.150. The van der Waals surface area contributed by atoms with Crippen molar-refractivity contribution in [2.24, 2.45) is 0 Å². The van der Waals surface area contributed by atoms with E-state index in [1.807, 2.05) is 54.6 Å². The Balaban J connectivity index is 1.75. The fourth-order valence-electron chi connectivity index (χ4n) is 2.77. The van der Waals surface area contributed by atoms with Crippen LogP contribution in [0.3, 0.4) is 0 Å². The molecule has 1 aliphatic rings. The van der Waals surface area contributed by atoms with Crippen LogP contribution in [0.1, 0.15) is 5.56 Å². The van der Waals surface area contributed by atoms with Gasteiger partial charge in [-0.15, -0.1) is 0 Å². The Bertz CT molecular complexity index is 992. The molecule has 5 nitrogen and oxygen atoms in total. The summed E-state index contributed by atoms with van der Waals surface area (Å²) in [4.78, 5) is 6.51. The highest BCUT2D eigenvalue weighted by molar-refractivity contribution is 8.04. The molecule has 3 N–H and O–H groups in total. The molecule has 1 saturated heterocycles. The first kappa shape index (κ1) is 18.3. The van der Waals surface area contributed by atoms with Gasteiger partial charge < -0.3 is 14.9 Å². The van der Waals surface area contributed by atoms with Gasteiger partial charge in [0.15, 0.2) is 5.56 Å². The second-order valence-electron chi connectivity index (χ2n) is 5.94. The van der Waals surface area contributed by atoms with Crippen molar-refractivity contribution < 1.29 is 14.9 Å². The molecule has 27 heavy (non-hydrogen) atoms. The number of fused-ring (bicyclic) bond motifs is 1. The highest BCUT2D eigenvalue weighted by Gasteiger charge is 2.26. The van der Waals surface area contributed by atoms with Crippen LogP contribution in [0, 0.1) is 0 Å². The van der Waals surface area contributed by atoms with Gasteiger partial charge in [-0.2, -0.15) is 0 Å². The number of pyridine rings is 1. The highest BCUT2D eigenvalue weighted by atomic mass is 32.2. The van der Waals surface area contributed by atoms with Gasteiger partial charge in [-0.05, 0) is 42.5 Å². The van der Waals surface area contributed by atoms with E-state index in [0.29, 0.717) is 4.91 Å². The Morgan fingerprint density at radius 1 is 1.15 bits per heavy atom. The number of aromatic nitrogens is 1. The van der Waals surface area contributed by atoms with Gasteiger partial charge >= 0.3 is 0 Å². The predicted molar refractivity (Wildman–Crippen MR) is 110 cm³/mol. The summed E-state index contributed by atoms with van der Waals surface area (Å²) in [5, 5.41) is 24.3. The number of aliphatic hydroxyl groups is 2. The lowest BCUT2D eigenvalue weighted by atomic mass is 10.1. The molecule has 0 bridgehead atoms. The maximum atomic E-state index is 10.1. The zero-order valence-electron chi connectivity index (χ0n) is 14.5. The Labute approximate surface area is 165 Å². The average Bonchev–Trinajstić information content (AvgIpc) is 2.99. The van der Waals surface area contributed by atoms with E-state index in [1.165, 1.54) is 11.8 Å². The Kier molecular flexibility index (Phi) is 5.38. The topological polar surface area (TPSA) is 74.6 Å². The van der Waals surface area contributed by atoms with Crippen LogP contribution in [0.5, 0.6) is 5.75 Å². The van der Waals surface area contributed by atoms with E-state index in [1.54, 1.807) is 18.9 Å². The summed E-state index contributed by atoms with van der Waals surface area (Å²) in [6.45, 7) is 0. The lowest BCUT2D eigenvalue weighted by Gasteiger charge is -2.10. The first-order chi connectivity index (χ1) is 13.1. The fourth-order valence-corrected chi connectivity index (χ4v) is 4.49. The van der Waals surface area contributed by atoms with E-state index in [2.05, 4.69) is 11.4 Å². The van der Waals surface area contributed by atoms with Crippen LogP contribution in [0.15, 0.2) is 69.4 Å². The summed E-state index contributed by atoms with van der Waals surface area (Å²) in [6.07, 6.45) is 0.999. The molecule has 1 fully saturated rings. The van der Waals surface area contributed by atoms with Crippen molar-refractivity contribution in [2.45, 2.75) is 21.7 Å². The number of aliphatic hydroxyl groups excluding tert-OH is 2. The zero-order chi connectivity index (χ0) is 18.8. The number of thioether (sulfide) groups is 1. The van der Waals surface area contributed by atoms with E-state index in [9.17, 15) is 10.2 Å². The van der Waals surface area contributed by atoms with E-state index in [4.69, 9.17) is 9.72 Å². The zero-order valence-corrected chi connectivity index (χ0v) is 16.1. The van der Waals surface area contributed by atoms with Crippen LogP contribution in [0.4, 0.5) is 0 Å². The lowest BCUT2D eigenvalue weighted by molar-refractivity contribution is 0.127. The molecule has 138 valence electrons. The Morgan fingerprint density at radius 2 is 1.93 bits per heavy atom. The third kappa shape index (κ3) is 4.12. The molecule has 4 rings (SSSR count). The minimum absolute atomic E-state index is 0.663. The summed E-state index contributed by atoms with van der Waals surface area (Å²) in [5.74, 6) is 0.804. The number of hydrogen-bond donors (Lipinski definition) is 3. The van der Waals surface area contributed by atoms with Crippen molar-refractivity contribution in [1.29, 1.82) is 0 Å². The van der Waals surface area contributed by atoms with Gasteiger partial charge in [-0.3, -0.25) is 5.32 Å². The van der Waals surface area contributed by atoms with E-state index >= 15 is 0 Å². The molecule has 7 heteroatoms. The largest absolute Gasteiger partial charge is 0.497 e. The maximum Gasteiger partial charge on any atom is 0.159 e. The number of hydrogen-bond acceptors (Lipinski definition) is 7.